The zero-order valence-corrected chi connectivity index (χ0v) is 8.08. The summed E-state index contributed by atoms with van der Waals surface area (Å²) < 4.78 is 4.57. The lowest BCUT2D eigenvalue weighted by Gasteiger charge is -2.11. The number of nitrogens with zero attached hydrogens (tertiary/aromatic N) is 1. The number of ether oxygens (including phenoxy) is 1. The molecular formula is C9H15NO3. The summed E-state index contributed by atoms with van der Waals surface area (Å²) in [6.45, 7) is 1.53. The first kappa shape index (κ1) is 10.2. The highest BCUT2D eigenvalue weighted by Crippen LogP contribution is 2.14. The predicted molar refractivity (Wildman–Crippen MR) is 47.2 cm³/mol. The second kappa shape index (κ2) is 4.37. The highest BCUT2D eigenvalue weighted by molar-refractivity contribution is 5.99. The molecule has 0 bridgehead atoms. The van der Waals surface area contributed by atoms with E-state index in [2.05, 4.69) is 9.64 Å². The van der Waals surface area contributed by atoms with Crippen molar-refractivity contribution in [3.8, 4) is 0 Å². The van der Waals surface area contributed by atoms with Crippen molar-refractivity contribution in [3.05, 3.63) is 0 Å². The van der Waals surface area contributed by atoms with Gasteiger partial charge in [0.05, 0.1) is 7.11 Å². The fourth-order valence-corrected chi connectivity index (χ4v) is 1.49. The highest BCUT2D eigenvalue weighted by Gasteiger charge is 2.29. The van der Waals surface area contributed by atoms with Gasteiger partial charge in [-0.25, -0.2) is 0 Å². The number of hydrogen-bond acceptors (Lipinski definition) is 4. The van der Waals surface area contributed by atoms with Crippen LogP contribution in [0.2, 0.25) is 0 Å². The Morgan fingerprint density at radius 2 is 2.23 bits per heavy atom. The van der Waals surface area contributed by atoms with E-state index in [1.165, 1.54) is 7.11 Å². The van der Waals surface area contributed by atoms with E-state index in [-0.39, 0.29) is 11.8 Å². The molecule has 0 saturated carbocycles. The van der Waals surface area contributed by atoms with Gasteiger partial charge in [0.2, 0.25) is 0 Å². The van der Waals surface area contributed by atoms with E-state index in [1.54, 1.807) is 0 Å². The Morgan fingerprint density at radius 3 is 2.85 bits per heavy atom. The topological polar surface area (TPSA) is 46.6 Å². The normalized spacial score (nSPS) is 25.4. The summed E-state index contributed by atoms with van der Waals surface area (Å²) in [5.74, 6) is -0.911. The SMILES string of the molecule is COC(=O)C1CCN(C)CCC1=O. The maximum absolute atomic E-state index is 11.4. The van der Waals surface area contributed by atoms with Crippen molar-refractivity contribution in [2.24, 2.45) is 5.92 Å². The van der Waals surface area contributed by atoms with Gasteiger partial charge >= 0.3 is 5.97 Å². The van der Waals surface area contributed by atoms with Crippen molar-refractivity contribution in [2.45, 2.75) is 12.8 Å². The lowest BCUT2D eigenvalue weighted by molar-refractivity contribution is -0.149. The summed E-state index contributed by atoms with van der Waals surface area (Å²) in [6, 6.07) is 0. The number of likely N-dealkylation sites (tertiary alicyclic amines) is 1. The molecule has 0 aromatic carbocycles. The van der Waals surface area contributed by atoms with Crippen LogP contribution >= 0.6 is 0 Å². The molecule has 4 nitrogen and oxygen atoms in total. The lowest BCUT2D eigenvalue weighted by Crippen LogP contribution is -2.25. The van der Waals surface area contributed by atoms with Gasteiger partial charge in [0.15, 0.2) is 0 Å². The third kappa shape index (κ3) is 2.52. The van der Waals surface area contributed by atoms with E-state index in [4.69, 9.17) is 0 Å². The van der Waals surface area contributed by atoms with E-state index in [0.29, 0.717) is 12.8 Å². The molecule has 1 rings (SSSR count). The number of esters is 1. The van der Waals surface area contributed by atoms with Gasteiger partial charge in [0.25, 0.3) is 0 Å². The average Bonchev–Trinajstić information content (AvgIpc) is 2.28. The number of carbonyl (C=O) groups excluding carboxylic acids is 2. The largest absolute Gasteiger partial charge is 0.468 e. The van der Waals surface area contributed by atoms with Crippen LogP contribution in [0.1, 0.15) is 12.8 Å². The summed E-state index contributed by atoms with van der Waals surface area (Å²) in [6.07, 6.45) is 1.04. The average molecular weight is 185 g/mol. The summed E-state index contributed by atoms with van der Waals surface area (Å²) in [5.41, 5.74) is 0. The summed E-state index contributed by atoms with van der Waals surface area (Å²) in [5, 5.41) is 0. The molecule has 1 aliphatic rings. The molecule has 0 aromatic heterocycles. The van der Waals surface area contributed by atoms with Crippen molar-refractivity contribution in [3.63, 3.8) is 0 Å². The molecule has 1 fully saturated rings. The van der Waals surface area contributed by atoms with Crippen LogP contribution in [0.4, 0.5) is 0 Å². The van der Waals surface area contributed by atoms with Gasteiger partial charge in [0, 0.05) is 13.0 Å². The minimum absolute atomic E-state index is 0.0104. The van der Waals surface area contributed by atoms with Gasteiger partial charge in [-0.15, -0.1) is 0 Å². The van der Waals surface area contributed by atoms with Crippen LogP contribution in [0.25, 0.3) is 0 Å². The fraction of sp³-hybridized carbons (Fsp3) is 0.778. The van der Waals surface area contributed by atoms with Crippen molar-refractivity contribution >= 4 is 11.8 Å². The Balaban J connectivity index is 2.62. The molecule has 0 aromatic rings. The Labute approximate surface area is 77.8 Å². The minimum Gasteiger partial charge on any atom is -0.468 e. The van der Waals surface area contributed by atoms with Crippen LogP contribution in [-0.2, 0) is 14.3 Å². The van der Waals surface area contributed by atoms with Crippen LogP contribution in [-0.4, -0.2) is 43.9 Å². The molecule has 4 heteroatoms. The van der Waals surface area contributed by atoms with Gasteiger partial charge in [-0.3, -0.25) is 9.59 Å². The van der Waals surface area contributed by atoms with Crippen molar-refractivity contribution in [1.82, 2.24) is 4.90 Å². The molecule has 1 unspecified atom stereocenters. The lowest BCUT2D eigenvalue weighted by atomic mass is 10.00. The predicted octanol–water partition coefficient (Wildman–Crippen LogP) is 0.0703. The summed E-state index contributed by atoms with van der Waals surface area (Å²) >= 11 is 0. The maximum atomic E-state index is 11.4. The number of rotatable bonds is 1. The first-order valence-corrected chi connectivity index (χ1v) is 4.44. The second-order valence-electron chi connectivity index (χ2n) is 3.38. The second-order valence-corrected chi connectivity index (χ2v) is 3.38. The first-order valence-electron chi connectivity index (χ1n) is 4.44. The van der Waals surface area contributed by atoms with Crippen molar-refractivity contribution in [2.75, 3.05) is 27.2 Å². The molecule has 0 N–H and O–H groups in total. The summed E-state index contributed by atoms with van der Waals surface area (Å²) in [4.78, 5) is 24.7. The third-order valence-corrected chi connectivity index (χ3v) is 2.41. The Bertz CT molecular complexity index is 215. The Morgan fingerprint density at radius 1 is 1.54 bits per heavy atom. The van der Waals surface area contributed by atoms with Crippen LogP contribution < -0.4 is 0 Å². The Hall–Kier alpha value is -0.900. The van der Waals surface area contributed by atoms with E-state index in [0.717, 1.165) is 13.1 Å². The van der Waals surface area contributed by atoms with Crippen LogP contribution in [0.5, 0.6) is 0 Å². The summed E-state index contributed by atoms with van der Waals surface area (Å²) in [7, 11) is 3.27. The van der Waals surface area contributed by atoms with Crippen molar-refractivity contribution in [1.29, 1.82) is 0 Å². The van der Waals surface area contributed by atoms with E-state index in [1.807, 2.05) is 7.05 Å². The molecule has 0 radical (unpaired) electrons. The molecule has 1 saturated heterocycles. The van der Waals surface area contributed by atoms with Gasteiger partial charge in [0.1, 0.15) is 11.7 Å². The smallest absolute Gasteiger partial charge is 0.316 e. The maximum Gasteiger partial charge on any atom is 0.316 e. The molecule has 1 aliphatic heterocycles. The van der Waals surface area contributed by atoms with Gasteiger partial charge in [-0.2, -0.15) is 0 Å². The molecule has 74 valence electrons. The Kier molecular flexibility index (Phi) is 3.42. The molecule has 0 amide bonds. The third-order valence-electron chi connectivity index (χ3n) is 2.41. The molecule has 0 aliphatic carbocycles. The molecular weight excluding hydrogens is 170 g/mol. The zero-order valence-electron chi connectivity index (χ0n) is 8.08. The highest BCUT2D eigenvalue weighted by atomic mass is 16.5. The van der Waals surface area contributed by atoms with Crippen LogP contribution in [0.15, 0.2) is 0 Å². The van der Waals surface area contributed by atoms with E-state index >= 15 is 0 Å². The number of carbonyl (C=O) groups is 2. The number of methoxy groups -OCH3 is 1. The number of hydrogen-bond donors (Lipinski definition) is 0. The minimum atomic E-state index is -0.532. The van der Waals surface area contributed by atoms with Gasteiger partial charge in [-0.1, -0.05) is 0 Å². The standard InChI is InChI=1S/C9H15NO3/c1-10-5-3-7(9(12)13-2)8(11)4-6-10/h7H,3-6H2,1-2H3. The van der Waals surface area contributed by atoms with Crippen LogP contribution in [0, 0.1) is 5.92 Å². The van der Waals surface area contributed by atoms with Crippen molar-refractivity contribution < 1.29 is 14.3 Å². The molecule has 0 spiro atoms. The molecule has 1 heterocycles. The van der Waals surface area contributed by atoms with Gasteiger partial charge < -0.3 is 9.64 Å². The van der Waals surface area contributed by atoms with Gasteiger partial charge in [-0.05, 0) is 20.0 Å². The fourth-order valence-electron chi connectivity index (χ4n) is 1.49. The zero-order chi connectivity index (χ0) is 9.84. The van der Waals surface area contributed by atoms with Crippen LogP contribution in [0.3, 0.4) is 0 Å². The molecule has 13 heavy (non-hydrogen) atoms. The first-order chi connectivity index (χ1) is 6.15. The number of Topliss-reactive ketones (excluding diaryl/α,β-unsaturated/α-hetero) is 1. The quantitative estimate of drug-likeness (QED) is 0.428. The molecule has 1 atom stereocenters. The van der Waals surface area contributed by atoms with E-state index < -0.39 is 5.92 Å². The van der Waals surface area contributed by atoms with E-state index in [9.17, 15) is 9.59 Å². The number of ketones is 1. The monoisotopic (exact) mass is 185 g/mol.